The van der Waals surface area contributed by atoms with Crippen LogP contribution >= 0.6 is 0 Å². The minimum Gasteiger partial charge on any atom is -0.353 e. The predicted octanol–water partition coefficient (Wildman–Crippen LogP) is 1.97. The molecule has 176 valence electrons. The van der Waals surface area contributed by atoms with E-state index in [2.05, 4.69) is 43.2 Å². The summed E-state index contributed by atoms with van der Waals surface area (Å²) < 4.78 is 27.4. The Morgan fingerprint density at radius 2 is 1.91 bits per heavy atom. The van der Waals surface area contributed by atoms with Gasteiger partial charge in [0.05, 0.1) is 11.3 Å². The van der Waals surface area contributed by atoms with Crippen LogP contribution in [0.4, 0.5) is 0 Å². The van der Waals surface area contributed by atoms with Gasteiger partial charge in [-0.2, -0.15) is 0 Å². The predicted molar refractivity (Wildman–Crippen MR) is 123 cm³/mol. The summed E-state index contributed by atoms with van der Waals surface area (Å²) >= 11 is 0. The lowest BCUT2D eigenvalue weighted by atomic mass is 9.78. The number of nitrogens with one attached hydrogen (secondary N) is 2. The van der Waals surface area contributed by atoms with Crippen LogP contribution in [0.5, 0.6) is 0 Å². The Bertz CT molecular complexity index is 986. The third kappa shape index (κ3) is 5.15. The number of amides is 2. The molecule has 2 aliphatic heterocycles. The third-order valence-corrected chi connectivity index (χ3v) is 8.16. The van der Waals surface area contributed by atoms with Gasteiger partial charge < -0.3 is 15.5 Å². The van der Waals surface area contributed by atoms with Crippen LogP contribution in [0, 0.1) is 12.3 Å². The first-order valence-corrected chi connectivity index (χ1v) is 12.5. The van der Waals surface area contributed by atoms with E-state index in [9.17, 15) is 18.0 Å². The lowest BCUT2D eigenvalue weighted by Gasteiger charge is -2.46. The summed E-state index contributed by atoms with van der Waals surface area (Å²) in [5.41, 5.74) is 0.790. The second-order valence-corrected chi connectivity index (χ2v) is 11.5. The highest BCUT2D eigenvalue weighted by atomic mass is 32.2. The Hall–Kier alpha value is -2.39. The Balaban J connectivity index is 1.74. The van der Waals surface area contributed by atoms with Crippen LogP contribution in [-0.2, 0) is 19.6 Å². The molecule has 2 atom stereocenters. The fourth-order valence-corrected chi connectivity index (χ4v) is 5.76. The Labute approximate surface area is 191 Å². The Morgan fingerprint density at radius 1 is 1.25 bits per heavy atom. The second-order valence-electron chi connectivity index (χ2n) is 9.65. The maximum absolute atomic E-state index is 13.2. The number of hydrogen-bond acceptors (Lipinski definition) is 5. The van der Waals surface area contributed by atoms with Crippen LogP contribution in [0.15, 0.2) is 41.6 Å². The van der Waals surface area contributed by atoms with Crippen molar-refractivity contribution in [2.75, 3.05) is 13.1 Å². The van der Waals surface area contributed by atoms with Gasteiger partial charge in [-0.15, -0.1) is 0 Å². The molecule has 2 heterocycles. The highest BCUT2D eigenvalue weighted by Crippen LogP contribution is 2.30. The quantitative estimate of drug-likeness (QED) is 0.674. The minimum absolute atomic E-state index is 0.0469. The number of carbonyl (C=O) groups excluding carboxylic acids is 2. The van der Waals surface area contributed by atoms with Gasteiger partial charge in [0.15, 0.2) is 0 Å². The summed E-state index contributed by atoms with van der Waals surface area (Å²) in [5, 5.41) is 5.59. The van der Waals surface area contributed by atoms with Crippen LogP contribution in [0.25, 0.3) is 0 Å². The van der Waals surface area contributed by atoms with E-state index in [4.69, 9.17) is 0 Å². The van der Waals surface area contributed by atoms with E-state index < -0.39 is 22.0 Å². The minimum atomic E-state index is -3.98. The number of likely N-dealkylation sites (tertiary alicyclic amines) is 1. The van der Waals surface area contributed by atoms with Crippen LogP contribution in [0.3, 0.4) is 0 Å². The van der Waals surface area contributed by atoms with Crippen molar-refractivity contribution >= 4 is 21.8 Å². The molecule has 8 nitrogen and oxygen atoms in total. The van der Waals surface area contributed by atoms with E-state index in [-0.39, 0.29) is 28.7 Å². The van der Waals surface area contributed by atoms with E-state index in [1.54, 1.807) is 12.1 Å². The highest BCUT2D eigenvalue weighted by Gasteiger charge is 2.40. The first-order chi connectivity index (χ1) is 14.9. The number of carbonyl (C=O) groups is 2. The van der Waals surface area contributed by atoms with E-state index in [1.807, 2.05) is 6.92 Å². The van der Waals surface area contributed by atoms with Gasteiger partial charge in [-0.3, -0.25) is 13.9 Å². The van der Waals surface area contributed by atoms with Gasteiger partial charge in [-0.1, -0.05) is 31.5 Å². The highest BCUT2D eigenvalue weighted by molar-refractivity contribution is 7.89. The number of hydrogen-bond donors (Lipinski definition) is 2. The largest absolute Gasteiger partial charge is 0.353 e. The molecule has 0 saturated carbocycles. The molecule has 1 aromatic rings. The number of benzene rings is 1. The van der Waals surface area contributed by atoms with Crippen LogP contribution in [-0.4, -0.2) is 60.7 Å². The van der Waals surface area contributed by atoms with Crippen molar-refractivity contribution in [2.24, 2.45) is 5.41 Å². The lowest BCUT2D eigenvalue weighted by molar-refractivity contribution is -0.130. The molecule has 2 N–H and O–H groups in total. The summed E-state index contributed by atoms with van der Waals surface area (Å²) in [4.78, 5) is 28.0. The Kier molecular flexibility index (Phi) is 7.00. The maximum atomic E-state index is 13.2. The molecule has 1 saturated heterocycles. The van der Waals surface area contributed by atoms with Crippen molar-refractivity contribution in [1.82, 2.24) is 19.8 Å². The fourth-order valence-electron chi connectivity index (χ4n) is 4.31. The van der Waals surface area contributed by atoms with Gasteiger partial charge in [0.2, 0.25) is 11.8 Å². The second kappa shape index (κ2) is 9.23. The van der Waals surface area contributed by atoms with Gasteiger partial charge in [0.25, 0.3) is 10.0 Å². The molecule has 0 unspecified atom stereocenters. The number of sulfonamides is 1. The van der Waals surface area contributed by atoms with E-state index >= 15 is 0 Å². The molecule has 0 bridgehead atoms. The molecule has 0 spiro atoms. The zero-order valence-corrected chi connectivity index (χ0v) is 20.3. The summed E-state index contributed by atoms with van der Waals surface area (Å²) in [6.07, 6.45) is 3.15. The number of nitrogens with zero attached hydrogens (tertiary/aromatic N) is 2. The van der Waals surface area contributed by atoms with Crippen molar-refractivity contribution in [1.29, 1.82) is 0 Å². The van der Waals surface area contributed by atoms with Crippen LogP contribution < -0.4 is 10.6 Å². The molecule has 1 aromatic carbocycles. The maximum Gasteiger partial charge on any atom is 0.264 e. The van der Waals surface area contributed by atoms with Crippen molar-refractivity contribution in [3.63, 3.8) is 0 Å². The first kappa shape index (κ1) is 24.3. The summed E-state index contributed by atoms with van der Waals surface area (Å²) in [6.45, 7) is 12.2. The van der Waals surface area contributed by atoms with E-state index in [1.165, 1.54) is 24.5 Å². The normalized spacial score (nSPS) is 23.8. The average molecular weight is 463 g/mol. The van der Waals surface area contributed by atoms with Crippen molar-refractivity contribution in [3.05, 3.63) is 42.2 Å². The Morgan fingerprint density at radius 3 is 2.50 bits per heavy atom. The molecule has 2 amide bonds. The summed E-state index contributed by atoms with van der Waals surface area (Å²) in [5.74, 6) is -0.854. The van der Waals surface area contributed by atoms with Gasteiger partial charge in [-0.05, 0) is 44.7 Å². The standard InChI is InChI=1S/C23H34N4O4S/c1-16(2)26-12-10-20(23(4,5)15-26)25-21(28)14-19-22(29)24-11-13-27(19)32(30,31)18-8-6-17(3)7-9-18/h6-9,11,13,16,19-20H,10,12,14-15H2,1-5H3,(H,24,29)(H,25,28)/t19-,20-/m1/s1. The van der Waals surface area contributed by atoms with Crippen molar-refractivity contribution in [3.8, 4) is 0 Å². The van der Waals surface area contributed by atoms with E-state index in [0.29, 0.717) is 6.04 Å². The zero-order valence-electron chi connectivity index (χ0n) is 19.5. The molecule has 9 heteroatoms. The van der Waals surface area contributed by atoms with Gasteiger partial charge in [-0.25, -0.2) is 8.42 Å². The SMILES string of the molecule is Cc1ccc(S(=O)(=O)N2C=CNC(=O)[C@H]2CC(=O)N[C@@H]2CCN(C(C)C)CC2(C)C)cc1. The third-order valence-electron chi connectivity index (χ3n) is 6.36. The molecule has 32 heavy (non-hydrogen) atoms. The molecule has 3 rings (SSSR count). The van der Waals surface area contributed by atoms with Gasteiger partial charge in [0, 0.05) is 37.6 Å². The molecule has 0 aromatic heterocycles. The van der Waals surface area contributed by atoms with Gasteiger partial charge >= 0.3 is 0 Å². The molecule has 0 aliphatic carbocycles. The van der Waals surface area contributed by atoms with Crippen LogP contribution in [0.1, 0.15) is 46.1 Å². The molecular weight excluding hydrogens is 428 g/mol. The summed E-state index contributed by atoms with van der Waals surface area (Å²) in [6, 6.07) is 5.66. The molecule has 1 fully saturated rings. The van der Waals surface area contributed by atoms with E-state index in [0.717, 1.165) is 29.4 Å². The zero-order chi connectivity index (χ0) is 23.7. The smallest absolute Gasteiger partial charge is 0.264 e. The molecular formula is C23H34N4O4S. The van der Waals surface area contributed by atoms with Crippen molar-refractivity contribution in [2.45, 2.75) is 70.5 Å². The lowest BCUT2D eigenvalue weighted by Crippen LogP contribution is -2.58. The molecule has 2 aliphatic rings. The first-order valence-electron chi connectivity index (χ1n) is 11.0. The number of rotatable bonds is 6. The van der Waals surface area contributed by atoms with Gasteiger partial charge in [0.1, 0.15) is 6.04 Å². The summed E-state index contributed by atoms with van der Waals surface area (Å²) in [7, 11) is -3.98. The molecule has 0 radical (unpaired) electrons. The number of piperidine rings is 1. The topological polar surface area (TPSA) is 98.8 Å². The van der Waals surface area contributed by atoms with Crippen LogP contribution in [0.2, 0.25) is 0 Å². The number of aryl methyl sites for hydroxylation is 1. The monoisotopic (exact) mass is 462 g/mol. The van der Waals surface area contributed by atoms with Crippen molar-refractivity contribution < 1.29 is 18.0 Å². The average Bonchev–Trinajstić information content (AvgIpc) is 2.71. The fraction of sp³-hybridized carbons (Fsp3) is 0.565.